The van der Waals surface area contributed by atoms with E-state index in [-0.39, 0.29) is 11.8 Å². The maximum absolute atomic E-state index is 12.3. The Labute approximate surface area is 255 Å². The number of pyridine rings is 1. The highest BCUT2D eigenvalue weighted by Crippen LogP contribution is 2.40. The Kier molecular flexibility index (Phi) is 13.7. The Morgan fingerprint density at radius 2 is 1.79 bits per heavy atom. The van der Waals surface area contributed by atoms with Gasteiger partial charge in [-0.25, -0.2) is 9.78 Å². The van der Waals surface area contributed by atoms with Gasteiger partial charge in [-0.15, -0.1) is 0 Å². The van der Waals surface area contributed by atoms with Crippen molar-refractivity contribution in [2.24, 2.45) is 5.92 Å². The maximum atomic E-state index is 12.3. The van der Waals surface area contributed by atoms with Crippen molar-refractivity contribution in [1.29, 1.82) is 0 Å². The van der Waals surface area contributed by atoms with E-state index in [2.05, 4.69) is 27.7 Å². The molecular formula is C32H48N4O7. The topological polar surface area (TPSA) is 131 Å². The standard InChI is InChI=1S/C32H48N4O7/c1-22(2)19-29(37)35-26(32(38)39)13-16-36(15-7-6-10-24-12-11-23-9-8-14-33-31(23)34-24)17-18-43-25-20-27(40-3)30(42-5)28(21-25)41-4/h11-12,20-22,26H,6-10,13-19H2,1-5H3,(H,33,34)(H,35,37)(H,38,39). The summed E-state index contributed by atoms with van der Waals surface area (Å²) in [5.74, 6) is 1.95. The van der Waals surface area contributed by atoms with E-state index < -0.39 is 12.0 Å². The molecule has 1 aromatic heterocycles. The third kappa shape index (κ3) is 10.8. The number of rotatable bonds is 19. The summed E-state index contributed by atoms with van der Waals surface area (Å²) in [6, 6.07) is 6.84. The van der Waals surface area contributed by atoms with Crippen LogP contribution in [0.5, 0.6) is 23.0 Å². The molecule has 0 aliphatic carbocycles. The van der Waals surface area contributed by atoms with Gasteiger partial charge in [0.15, 0.2) is 11.5 Å². The summed E-state index contributed by atoms with van der Waals surface area (Å²) >= 11 is 0. The van der Waals surface area contributed by atoms with Crippen LogP contribution in [0.15, 0.2) is 24.3 Å². The number of unbranched alkanes of at least 4 members (excludes halogenated alkanes) is 1. The van der Waals surface area contributed by atoms with Crippen LogP contribution < -0.4 is 29.6 Å². The molecule has 2 heterocycles. The zero-order valence-corrected chi connectivity index (χ0v) is 26.2. The van der Waals surface area contributed by atoms with Gasteiger partial charge in [-0.2, -0.15) is 0 Å². The molecule has 43 heavy (non-hydrogen) atoms. The Bertz CT molecular complexity index is 1170. The largest absolute Gasteiger partial charge is 0.493 e. The summed E-state index contributed by atoms with van der Waals surface area (Å²) in [7, 11) is 4.66. The van der Waals surface area contributed by atoms with Crippen molar-refractivity contribution >= 4 is 17.7 Å². The first-order valence-corrected chi connectivity index (χ1v) is 15.1. The minimum Gasteiger partial charge on any atom is -0.493 e. The first kappa shape index (κ1) is 33.8. The van der Waals surface area contributed by atoms with Gasteiger partial charge < -0.3 is 34.7 Å². The molecule has 238 valence electrons. The Hall–Kier alpha value is -3.73. The number of carbonyl (C=O) groups is 2. The smallest absolute Gasteiger partial charge is 0.326 e. The van der Waals surface area contributed by atoms with Crippen LogP contribution in [0.2, 0.25) is 0 Å². The molecule has 1 aliphatic heterocycles. The predicted octanol–water partition coefficient (Wildman–Crippen LogP) is 4.17. The van der Waals surface area contributed by atoms with E-state index >= 15 is 0 Å². The minimum absolute atomic E-state index is 0.152. The maximum Gasteiger partial charge on any atom is 0.326 e. The lowest BCUT2D eigenvalue weighted by Crippen LogP contribution is -2.44. The quantitative estimate of drug-likeness (QED) is 0.202. The summed E-state index contributed by atoms with van der Waals surface area (Å²) in [5, 5.41) is 15.8. The summed E-state index contributed by atoms with van der Waals surface area (Å²) < 4.78 is 22.3. The van der Waals surface area contributed by atoms with Gasteiger partial charge in [0.1, 0.15) is 24.2 Å². The van der Waals surface area contributed by atoms with Gasteiger partial charge in [0.2, 0.25) is 11.7 Å². The number of methoxy groups -OCH3 is 3. The van der Waals surface area contributed by atoms with Crippen LogP contribution in [0.4, 0.5) is 5.82 Å². The van der Waals surface area contributed by atoms with E-state index in [0.717, 1.165) is 56.7 Å². The molecule has 1 aromatic carbocycles. The van der Waals surface area contributed by atoms with Crippen LogP contribution in [0.25, 0.3) is 0 Å². The number of carboxylic acid groups (broad SMARTS) is 1. The van der Waals surface area contributed by atoms with Gasteiger partial charge in [0.25, 0.3) is 0 Å². The highest BCUT2D eigenvalue weighted by molar-refractivity contribution is 5.83. The van der Waals surface area contributed by atoms with E-state index in [4.69, 9.17) is 23.9 Å². The lowest BCUT2D eigenvalue weighted by molar-refractivity contribution is -0.142. The number of benzene rings is 1. The number of aromatic nitrogens is 1. The molecule has 1 atom stereocenters. The molecule has 3 N–H and O–H groups in total. The van der Waals surface area contributed by atoms with Gasteiger partial charge in [0.05, 0.1) is 21.3 Å². The predicted molar refractivity (Wildman–Crippen MR) is 166 cm³/mol. The van der Waals surface area contributed by atoms with E-state index in [1.807, 2.05) is 13.8 Å². The molecule has 0 bridgehead atoms. The van der Waals surface area contributed by atoms with Crippen LogP contribution in [0.3, 0.4) is 0 Å². The summed E-state index contributed by atoms with van der Waals surface area (Å²) in [6.45, 7) is 7.03. The van der Waals surface area contributed by atoms with Crippen LogP contribution >= 0.6 is 0 Å². The first-order chi connectivity index (χ1) is 20.7. The molecule has 0 saturated carbocycles. The van der Waals surface area contributed by atoms with Crippen molar-refractivity contribution < 1.29 is 33.6 Å². The van der Waals surface area contributed by atoms with Crippen molar-refractivity contribution in [2.45, 2.75) is 64.8 Å². The van der Waals surface area contributed by atoms with E-state index in [1.54, 1.807) is 33.5 Å². The van der Waals surface area contributed by atoms with Crippen LogP contribution in [-0.4, -0.2) is 87.0 Å². The molecule has 0 saturated heterocycles. The number of nitrogens with zero attached hydrogens (tertiary/aromatic N) is 2. The molecule has 0 fully saturated rings. The molecule has 1 unspecified atom stereocenters. The van der Waals surface area contributed by atoms with Gasteiger partial charge in [-0.3, -0.25) is 9.69 Å². The number of hydrogen-bond acceptors (Lipinski definition) is 9. The third-order valence-electron chi connectivity index (χ3n) is 7.38. The van der Waals surface area contributed by atoms with Gasteiger partial charge in [-0.05, 0) is 62.6 Å². The van der Waals surface area contributed by atoms with Gasteiger partial charge in [0, 0.05) is 43.9 Å². The molecule has 11 nitrogen and oxygen atoms in total. The van der Waals surface area contributed by atoms with E-state index in [0.29, 0.717) is 55.5 Å². The van der Waals surface area contributed by atoms with E-state index in [1.165, 1.54) is 5.56 Å². The number of carboxylic acids is 1. The number of hydrogen-bond donors (Lipinski definition) is 3. The number of carbonyl (C=O) groups excluding carboxylic acids is 1. The van der Waals surface area contributed by atoms with Gasteiger partial charge in [-0.1, -0.05) is 19.9 Å². The normalized spacial score (nSPS) is 13.2. The van der Waals surface area contributed by atoms with Crippen LogP contribution in [0.1, 0.15) is 57.2 Å². The molecular weight excluding hydrogens is 552 g/mol. The fraction of sp³-hybridized carbons (Fsp3) is 0.594. The Balaban J connectivity index is 1.60. The lowest BCUT2D eigenvalue weighted by atomic mass is 10.1. The lowest BCUT2D eigenvalue weighted by Gasteiger charge is -2.25. The first-order valence-electron chi connectivity index (χ1n) is 15.1. The second kappa shape index (κ2) is 17.4. The SMILES string of the molecule is COc1cc(OCCN(CCCCc2ccc3c(n2)NCCC3)CCC(NC(=O)CC(C)C)C(=O)O)cc(OC)c1OC. The fourth-order valence-electron chi connectivity index (χ4n) is 5.11. The van der Waals surface area contributed by atoms with Crippen molar-refractivity contribution in [1.82, 2.24) is 15.2 Å². The average Bonchev–Trinajstić information content (AvgIpc) is 2.99. The summed E-state index contributed by atoms with van der Waals surface area (Å²) in [6.07, 6.45) is 5.52. The Morgan fingerprint density at radius 3 is 2.44 bits per heavy atom. The Morgan fingerprint density at radius 1 is 1.05 bits per heavy atom. The molecule has 2 aromatic rings. The van der Waals surface area contributed by atoms with Crippen LogP contribution in [0, 0.1) is 5.92 Å². The zero-order chi connectivity index (χ0) is 31.2. The third-order valence-corrected chi connectivity index (χ3v) is 7.38. The molecule has 1 aliphatic rings. The van der Waals surface area contributed by atoms with E-state index in [9.17, 15) is 14.7 Å². The molecule has 11 heteroatoms. The fourth-order valence-corrected chi connectivity index (χ4v) is 5.11. The van der Waals surface area contributed by atoms with Gasteiger partial charge >= 0.3 is 5.97 Å². The van der Waals surface area contributed by atoms with Crippen LogP contribution in [-0.2, 0) is 22.4 Å². The average molecular weight is 601 g/mol. The number of anilines is 1. The minimum atomic E-state index is -1.03. The zero-order valence-electron chi connectivity index (χ0n) is 26.2. The summed E-state index contributed by atoms with van der Waals surface area (Å²) in [4.78, 5) is 31.2. The molecule has 3 rings (SSSR count). The highest BCUT2D eigenvalue weighted by Gasteiger charge is 2.22. The molecule has 1 amide bonds. The summed E-state index contributed by atoms with van der Waals surface area (Å²) in [5.41, 5.74) is 2.35. The number of ether oxygens (including phenoxy) is 4. The molecule has 0 radical (unpaired) electrons. The monoisotopic (exact) mass is 600 g/mol. The van der Waals surface area contributed by atoms with Crippen molar-refractivity contribution in [3.05, 3.63) is 35.5 Å². The molecule has 0 spiro atoms. The number of fused-ring (bicyclic) bond motifs is 1. The second-order valence-corrected chi connectivity index (χ2v) is 11.2. The number of nitrogens with one attached hydrogen (secondary N) is 2. The number of amides is 1. The number of aryl methyl sites for hydroxylation is 2. The van der Waals surface area contributed by atoms with Crippen molar-refractivity contribution in [2.75, 3.05) is 59.4 Å². The second-order valence-electron chi connectivity index (χ2n) is 11.2. The van der Waals surface area contributed by atoms with Crippen molar-refractivity contribution in [3.8, 4) is 23.0 Å². The van der Waals surface area contributed by atoms with Crippen molar-refractivity contribution in [3.63, 3.8) is 0 Å². The highest BCUT2D eigenvalue weighted by atomic mass is 16.5. The number of aliphatic carboxylic acids is 1.